The summed E-state index contributed by atoms with van der Waals surface area (Å²) in [5.74, 6) is 0. The van der Waals surface area contributed by atoms with Crippen molar-refractivity contribution in [2.75, 3.05) is 26.2 Å². The van der Waals surface area contributed by atoms with Crippen LogP contribution in [0, 0.1) is 0 Å². The molecule has 0 spiro atoms. The Morgan fingerprint density at radius 2 is 2.06 bits per heavy atom. The first-order valence-electron chi connectivity index (χ1n) is 6.60. The molecular formula is C14H28N2. The Labute approximate surface area is 101 Å². The Kier molecular flexibility index (Phi) is 5.50. The normalized spacial score (nSPS) is 18.6. The van der Waals surface area contributed by atoms with E-state index in [1.165, 1.54) is 38.9 Å². The SMILES string of the molecule is CC1=CCN(CCCCNC(C)(C)C)CC1. The topological polar surface area (TPSA) is 15.3 Å². The molecule has 94 valence electrons. The number of hydrogen-bond donors (Lipinski definition) is 1. The lowest BCUT2D eigenvalue weighted by atomic mass is 10.1. The van der Waals surface area contributed by atoms with Crippen molar-refractivity contribution in [2.45, 2.75) is 52.5 Å². The highest BCUT2D eigenvalue weighted by atomic mass is 15.1. The van der Waals surface area contributed by atoms with Gasteiger partial charge in [0, 0.05) is 18.6 Å². The van der Waals surface area contributed by atoms with Crippen LogP contribution in [0.25, 0.3) is 0 Å². The summed E-state index contributed by atoms with van der Waals surface area (Å²) >= 11 is 0. The van der Waals surface area contributed by atoms with Gasteiger partial charge >= 0.3 is 0 Å². The zero-order valence-electron chi connectivity index (χ0n) is 11.5. The molecule has 1 N–H and O–H groups in total. The Morgan fingerprint density at radius 1 is 1.31 bits per heavy atom. The van der Waals surface area contributed by atoms with Gasteiger partial charge < -0.3 is 5.32 Å². The van der Waals surface area contributed by atoms with Gasteiger partial charge in [-0.3, -0.25) is 4.90 Å². The molecule has 0 unspecified atom stereocenters. The summed E-state index contributed by atoms with van der Waals surface area (Å²) in [5.41, 5.74) is 1.83. The largest absolute Gasteiger partial charge is 0.312 e. The van der Waals surface area contributed by atoms with Gasteiger partial charge in [-0.25, -0.2) is 0 Å². The average Bonchev–Trinajstić information content (AvgIpc) is 2.19. The number of rotatable bonds is 5. The van der Waals surface area contributed by atoms with Gasteiger partial charge in [-0.2, -0.15) is 0 Å². The Balaban J connectivity index is 2.00. The van der Waals surface area contributed by atoms with Crippen LogP contribution in [0.15, 0.2) is 11.6 Å². The first-order chi connectivity index (χ1) is 7.47. The van der Waals surface area contributed by atoms with E-state index in [9.17, 15) is 0 Å². The molecule has 0 fully saturated rings. The first-order valence-corrected chi connectivity index (χ1v) is 6.60. The molecule has 0 bridgehead atoms. The van der Waals surface area contributed by atoms with Crippen molar-refractivity contribution in [3.8, 4) is 0 Å². The molecule has 1 aliphatic rings. The molecule has 2 nitrogen and oxygen atoms in total. The van der Waals surface area contributed by atoms with Crippen LogP contribution in [0.4, 0.5) is 0 Å². The van der Waals surface area contributed by atoms with E-state index in [-0.39, 0.29) is 5.54 Å². The predicted molar refractivity (Wildman–Crippen MR) is 71.8 cm³/mol. The van der Waals surface area contributed by atoms with Gasteiger partial charge in [0.25, 0.3) is 0 Å². The van der Waals surface area contributed by atoms with E-state index in [4.69, 9.17) is 0 Å². The molecular weight excluding hydrogens is 196 g/mol. The van der Waals surface area contributed by atoms with Crippen molar-refractivity contribution < 1.29 is 0 Å². The summed E-state index contributed by atoms with van der Waals surface area (Å²) in [6, 6.07) is 0. The third-order valence-electron chi connectivity index (χ3n) is 3.08. The monoisotopic (exact) mass is 224 g/mol. The molecule has 0 aromatic rings. The summed E-state index contributed by atoms with van der Waals surface area (Å²) in [4.78, 5) is 2.56. The van der Waals surface area contributed by atoms with Gasteiger partial charge in [0.05, 0.1) is 0 Å². The van der Waals surface area contributed by atoms with Crippen molar-refractivity contribution in [1.82, 2.24) is 10.2 Å². The van der Waals surface area contributed by atoms with Crippen LogP contribution in [0.3, 0.4) is 0 Å². The molecule has 0 amide bonds. The van der Waals surface area contributed by atoms with Crippen LogP contribution in [0.5, 0.6) is 0 Å². The summed E-state index contributed by atoms with van der Waals surface area (Å²) in [6.45, 7) is 13.8. The first kappa shape index (κ1) is 13.7. The van der Waals surface area contributed by atoms with E-state index < -0.39 is 0 Å². The molecule has 1 aliphatic heterocycles. The lowest BCUT2D eigenvalue weighted by Crippen LogP contribution is -2.36. The smallest absolute Gasteiger partial charge is 0.0165 e. The fourth-order valence-electron chi connectivity index (χ4n) is 1.94. The maximum atomic E-state index is 3.54. The minimum atomic E-state index is 0.269. The average molecular weight is 224 g/mol. The predicted octanol–water partition coefficient (Wildman–Crippen LogP) is 2.81. The molecule has 0 aromatic heterocycles. The molecule has 0 atom stereocenters. The van der Waals surface area contributed by atoms with Gasteiger partial charge in [0.1, 0.15) is 0 Å². The standard InChI is InChI=1S/C14H28N2/c1-13-7-11-16(12-8-13)10-6-5-9-15-14(2,3)4/h7,15H,5-6,8-12H2,1-4H3. The van der Waals surface area contributed by atoms with E-state index in [0.717, 1.165) is 6.54 Å². The van der Waals surface area contributed by atoms with E-state index in [1.807, 2.05) is 0 Å². The number of hydrogen-bond acceptors (Lipinski definition) is 2. The van der Waals surface area contributed by atoms with Crippen molar-refractivity contribution in [2.24, 2.45) is 0 Å². The zero-order chi connectivity index (χ0) is 12.0. The lowest BCUT2D eigenvalue weighted by Gasteiger charge is -2.25. The van der Waals surface area contributed by atoms with Crippen molar-refractivity contribution in [3.05, 3.63) is 11.6 Å². The Morgan fingerprint density at radius 3 is 2.62 bits per heavy atom. The minimum Gasteiger partial charge on any atom is -0.312 e. The molecule has 0 aromatic carbocycles. The van der Waals surface area contributed by atoms with Crippen LogP contribution in [0.1, 0.15) is 47.0 Å². The Bertz CT molecular complexity index is 225. The van der Waals surface area contributed by atoms with Crippen molar-refractivity contribution in [1.29, 1.82) is 0 Å². The van der Waals surface area contributed by atoms with Crippen LogP contribution in [-0.2, 0) is 0 Å². The van der Waals surface area contributed by atoms with Gasteiger partial charge in [-0.1, -0.05) is 11.6 Å². The highest BCUT2D eigenvalue weighted by Gasteiger charge is 2.09. The number of nitrogens with zero attached hydrogens (tertiary/aromatic N) is 1. The molecule has 0 radical (unpaired) electrons. The molecule has 0 saturated heterocycles. The molecule has 0 aliphatic carbocycles. The van der Waals surface area contributed by atoms with Crippen LogP contribution < -0.4 is 5.32 Å². The second-order valence-electron chi connectivity index (χ2n) is 5.98. The summed E-state index contributed by atoms with van der Waals surface area (Å²) in [6.07, 6.45) is 6.24. The zero-order valence-corrected chi connectivity index (χ0v) is 11.5. The van der Waals surface area contributed by atoms with E-state index in [0.29, 0.717) is 0 Å². The fourth-order valence-corrected chi connectivity index (χ4v) is 1.94. The molecule has 0 saturated carbocycles. The summed E-state index contributed by atoms with van der Waals surface area (Å²) in [7, 11) is 0. The number of unbranched alkanes of at least 4 members (excludes halogenated alkanes) is 1. The molecule has 1 rings (SSSR count). The highest BCUT2D eigenvalue weighted by molar-refractivity contribution is 5.03. The van der Waals surface area contributed by atoms with Crippen molar-refractivity contribution in [3.63, 3.8) is 0 Å². The van der Waals surface area contributed by atoms with Gasteiger partial charge in [-0.15, -0.1) is 0 Å². The van der Waals surface area contributed by atoms with E-state index in [2.05, 4.69) is 44.0 Å². The minimum absolute atomic E-state index is 0.269. The maximum absolute atomic E-state index is 3.54. The molecule has 16 heavy (non-hydrogen) atoms. The van der Waals surface area contributed by atoms with Crippen molar-refractivity contribution >= 4 is 0 Å². The lowest BCUT2D eigenvalue weighted by molar-refractivity contribution is 0.284. The fraction of sp³-hybridized carbons (Fsp3) is 0.857. The second-order valence-corrected chi connectivity index (χ2v) is 5.98. The van der Waals surface area contributed by atoms with Gasteiger partial charge in [0.2, 0.25) is 0 Å². The van der Waals surface area contributed by atoms with Gasteiger partial charge in [-0.05, 0) is 60.0 Å². The maximum Gasteiger partial charge on any atom is 0.0165 e. The van der Waals surface area contributed by atoms with Crippen LogP contribution >= 0.6 is 0 Å². The quantitative estimate of drug-likeness (QED) is 0.570. The third kappa shape index (κ3) is 6.29. The van der Waals surface area contributed by atoms with Crippen LogP contribution in [0.2, 0.25) is 0 Å². The Hall–Kier alpha value is -0.340. The van der Waals surface area contributed by atoms with Crippen LogP contribution in [-0.4, -0.2) is 36.6 Å². The summed E-state index contributed by atoms with van der Waals surface area (Å²) < 4.78 is 0. The van der Waals surface area contributed by atoms with Gasteiger partial charge in [0.15, 0.2) is 0 Å². The summed E-state index contributed by atoms with van der Waals surface area (Å²) in [5, 5.41) is 3.54. The molecule has 1 heterocycles. The number of nitrogens with one attached hydrogen (secondary N) is 1. The highest BCUT2D eigenvalue weighted by Crippen LogP contribution is 2.10. The second kappa shape index (κ2) is 6.41. The van der Waals surface area contributed by atoms with E-state index in [1.54, 1.807) is 5.57 Å². The molecule has 2 heteroatoms. The van der Waals surface area contributed by atoms with E-state index >= 15 is 0 Å². The third-order valence-corrected chi connectivity index (χ3v) is 3.08.